The van der Waals surface area contributed by atoms with Gasteiger partial charge in [0, 0.05) is 5.92 Å². The molecule has 4 heteroatoms. The monoisotopic (exact) mass is 176 g/mol. The first-order valence-corrected chi connectivity index (χ1v) is 3.69. The molecule has 0 heterocycles. The fourth-order valence-corrected chi connectivity index (χ4v) is 1.19. The van der Waals surface area contributed by atoms with E-state index >= 15 is 0 Å². The van der Waals surface area contributed by atoms with Crippen molar-refractivity contribution in [2.75, 3.05) is 0 Å². The quantitative estimate of drug-likeness (QED) is 0.549. The molecule has 2 N–H and O–H groups in total. The smallest absolute Gasteiger partial charge is 0.162 e. The molecule has 3 atom stereocenters. The van der Waals surface area contributed by atoms with E-state index in [-0.39, 0.29) is 10.8 Å². The zero-order valence-corrected chi connectivity index (χ0v) is 6.75. The van der Waals surface area contributed by atoms with Crippen molar-refractivity contribution in [3.8, 4) is 0 Å². The SMILES string of the molecule is C[C@@H]1C(=O)C=C(Cl)[C@@H](O)[C@H]1O. The van der Waals surface area contributed by atoms with Gasteiger partial charge >= 0.3 is 0 Å². The van der Waals surface area contributed by atoms with Gasteiger partial charge in [-0.15, -0.1) is 0 Å². The van der Waals surface area contributed by atoms with E-state index in [0.717, 1.165) is 6.08 Å². The first-order chi connectivity index (χ1) is 5.04. The zero-order valence-electron chi connectivity index (χ0n) is 5.99. The van der Waals surface area contributed by atoms with E-state index in [2.05, 4.69) is 0 Å². The third-order valence-electron chi connectivity index (χ3n) is 1.85. The largest absolute Gasteiger partial charge is 0.389 e. The minimum atomic E-state index is -1.11. The van der Waals surface area contributed by atoms with E-state index in [1.807, 2.05) is 0 Å². The molecule has 0 aromatic heterocycles. The molecule has 1 aliphatic carbocycles. The lowest BCUT2D eigenvalue weighted by Crippen LogP contribution is -2.39. The van der Waals surface area contributed by atoms with Crippen molar-refractivity contribution in [2.45, 2.75) is 19.1 Å². The number of rotatable bonds is 0. The van der Waals surface area contributed by atoms with Crippen molar-refractivity contribution in [3.05, 3.63) is 11.1 Å². The van der Waals surface area contributed by atoms with E-state index < -0.39 is 18.1 Å². The van der Waals surface area contributed by atoms with Gasteiger partial charge < -0.3 is 10.2 Å². The van der Waals surface area contributed by atoms with E-state index in [4.69, 9.17) is 16.7 Å². The Bertz CT molecular complexity index is 212. The molecule has 0 aromatic rings. The third kappa shape index (κ3) is 1.45. The van der Waals surface area contributed by atoms with Crippen LogP contribution >= 0.6 is 11.6 Å². The number of halogens is 1. The minimum absolute atomic E-state index is 0.0144. The molecule has 11 heavy (non-hydrogen) atoms. The van der Waals surface area contributed by atoms with Gasteiger partial charge in [0.1, 0.15) is 6.10 Å². The van der Waals surface area contributed by atoms with Gasteiger partial charge in [0.05, 0.1) is 11.1 Å². The van der Waals surface area contributed by atoms with Gasteiger partial charge in [-0.1, -0.05) is 18.5 Å². The van der Waals surface area contributed by atoms with Crippen LogP contribution in [0.15, 0.2) is 11.1 Å². The highest BCUT2D eigenvalue weighted by molar-refractivity contribution is 6.32. The first-order valence-electron chi connectivity index (χ1n) is 3.31. The average Bonchev–Trinajstić information content (AvgIpc) is 1.97. The molecule has 1 aliphatic rings. The molecule has 0 amide bonds. The second-order valence-corrected chi connectivity index (χ2v) is 3.09. The van der Waals surface area contributed by atoms with Crippen molar-refractivity contribution >= 4 is 17.4 Å². The molecule has 0 saturated heterocycles. The predicted molar refractivity (Wildman–Crippen MR) is 40.1 cm³/mol. The van der Waals surface area contributed by atoms with Crippen molar-refractivity contribution in [1.82, 2.24) is 0 Å². The zero-order chi connectivity index (χ0) is 8.59. The molecule has 1 rings (SSSR count). The summed E-state index contributed by atoms with van der Waals surface area (Å²) in [4.78, 5) is 10.9. The molecule has 0 radical (unpaired) electrons. The molecule has 0 spiro atoms. The van der Waals surface area contributed by atoms with Gasteiger partial charge in [-0.05, 0) is 6.08 Å². The summed E-state index contributed by atoms with van der Waals surface area (Å²) >= 11 is 5.45. The Balaban J connectivity index is 2.92. The van der Waals surface area contributed by atoms with E-state index in [9.17, 15) is 9.90 Å². The summed E-state index contributed by atoms with van der Waals surface area (Å²) < 4.78 is 0. The molecule has 3 nitrogen and oxygen atoms in total. The van der Waals surface area contributed by atoms with Crippen LogP contribution in [-0.2, 0) is 4.79 Å². The summed E-state index contributed by atoms with van der Waals surface area (Å²) in [5.74, 6) is -0.805. The summed E-state index contributed by atoms with van der Waals surface area (Å²) in [6.07, 6.45) is -1.02. The fraction of sp³-hybridized carbons (Fsp3) is 0.571. The average molecular weight is 177 g/mol. The molecule has 0 saturated carbocycles. The molecule has 0 aromatic carbocycles. The Morgan fingerprint density at radius 1 is 1.55 bits per heavy atom. The molecule has 0 unspecified atom stereocenters. The highest BCUT2D eigenvalue weighted by Gasteiger charge is 2.33. The maximum atomic E-state index is 10.9. The standard InChI is InChI=1S/C7H9ClO3/c1-3-5(9)2-4(8)7(11)6(3)10/h2-3,6-7,10-11H,1H3/t3-,6+,7-/m1/s1. The van der Waals surface area contributed by atoms with E-state index in [0.29, 0.717) is 0 Å². The van der Waals surface area contributed by atoms with Gasteiger partial charge in [0.25, 0.3) is 0 Å². The van der Waals surface area contributed by atoms with Crippen LogP contribution in [-0.4, -0.2) is 28.2 Å². The van der Waals surface area contributed by atoms with Crippen molar-refractivity contribution in [3.63, 3.8) is 0 Å². The van der Waals surface area contributed by atoms with Gasteiger partial charge in [-0.3, -0.25) is 4.79 Å². The lowest BCUT2D eigenvalue weighted by Gasteiger charge is -2.25. The normalized spacial score (nSPS) is 38.7. The summed E-state index contributed by atoms with van der Waals surface area (Å²) in [6.45, 7) is 1.55. The van der Waals surface area contributed by atoms with Crippen LogP contribution in [0.5, 0.6) is 0 Å². The highest BCUT2D eigenvalue weighted by Crippen LogP contribution is 2.23. The Morgan fingerprint density at radius 2 is 2.09 bits per heavy atom. The Morgan fingerprint density at radius 3 is 2.64 bits per heavy atom. The fourth-order valence-electron chi connectivity index (χ4n) is 0.958. The third-order valence-corrected chi connectivity index (χ3v) is 2.18. The van der Waals surface area contributed by atoms with Crippen molar-refractivity contribution < 1.29 is 15.0 Å². The van der Waals surface area contributed by atoms with Crippen LogP contribution < -0.4 is 0 Å². The van der Waals surface area contributed by atoms with Crippen LogP contribution in [0.4, 0.5) is 0 Å². The molecule has 0 bridgehead atoms. The number of hydrogen-bond donors (Lipinski definition) is 2. The number of ketones is 1. The molecular formula is C7H9ClO3. The number of aliphatic hydroxyl groups excluding tert-OH is 2. The summed E-state index contributed by atoms with van der Waals surface area (Å²) in [5.41, 5.74) is 0. The van der Waals surface area contributed by atoms with Crippen LogP contribution in [0.2, 0.25) is 0 Å². The molecular weight excluding hydrogens is 168 g/mol. The van der Waals surface area contributed by atoms with Crippen LogP contribution in [0, 0.1) is 5.92 Å². The Kier molecular flexibility index (Phi) is 2.32. The minimum Gasteiger partial charge on any atom is -0.389 e. The van der Waals surface area contributed by atoms with Crippen molar-refractivity contribution in [1.29, 1.82) is 0 Å². The second-order valence-electron chi connectivity index (χ2n) is 2.66. The first kappa shape index (κ1) is 8.71. The summed E-state index contributed by atoms with van der Waals surface area (Å²) in [7, 11) is 0. The van der Waals surface area contributed by atoms with Crippen molar-refractivity contribution in [2.24, 2.45) is 5.92 Å². The van der Waals surface area contributed by atoms with Gasteiger partial charge in [-0.2, -0.15) is 0 Å². The second kappa shape index (κ2) is 2.93. The molecule has 0 fully saturated rings. The van der Waals surface area contributed by atoms with Crippen LogP contribution in [0.25, 0.3) is 0 Å². The lowest BCUT2D eigenvalue weighted by atomic mass is 9.90. The van der Waals surface area contributed by atoms with Crippen LogP contribution in [0.1, 0.15) is 6.92 Å². The summed E-state index contributed by atoms with van der Waals surface area (Å²) in [6, 6.07) is 0. The number of hydrogen-bond acceptors (Lipinski definition) is 3. The molecule has 62 valence electrons. The Labute approximate surface area is 69.3 Å². The van der Waals surface area contributed by atoms with Gasteiger partial charge in [-0.25, -0.2) is 0 Å². The van der Waals surface area contributed by atoms with E-state index in [1.54, 1.807) is 6.92 Å². The van der Waals surface area contributed by atoms with Gasteiger partial charge in [0.2, 0.25) is 0 Å². The maximum Gasteiger partial charge on any atom is 0.162 e. The maximum absolute atomic E-state index is 10.9. The number of allylic oxidation sites excluding steroid dienone is 1. The number of aliphatic hydroxyl groups is 2. The lowest BCUT2D eigenvalue weighted by molar-refractivity contribution is -0.124. The topological polar surface area (TPSA) is 57.5 Å². The number of carbonyl (C=O) groups is 1. The van der Waals surface area contributed by atoms with E-state index in [1.165, 1.54) is 0 Å². The Hall–Kier alpha value is -0.380. The predicted octanol–water partition coefficient (Wildman–Crippen LogP) is 0.0497. The highest BCUT2D eigenvalue weighted by atomic mass is 35.5. The molecule has 0 aliphatic heterocycles. The van der Waals surface area contributed by atoms with Crippen LogP contribution in [0.3, 0.4) is 0 Å². The van der Waals surface area contributed by atoms with Gasteiger partial charge in [0.15, 0.2) is 5.78 Å². The summed E-state index contributed by atoms with van der Waals surface area (Å²) in [5, 5.41) is 18.3. The number of carbonyl (C=O) groups excluding carboxylic acids is 1.